The summed E-state index contributed by atoms with van der Waals surface area (Å²) in [7, 11) is 1.60. The number of likely N-dealkylation sites (N-methyl/N-ethyl adjacent to an activating group) is 1. The van der Waals surface area contributed by atoms with Crippen LogP contribution in [-0.4, -0.2) is 72.1 Å². The van der Waals surface area contributed by atoms with Crippen molar-refractivity contribution in [3.8, 4) is 11.5 Å². The lowest BCUT2D eigenvalue weighted by molar-refractivity contribution is -0.141. The number of phenolic OH excluding ortho intramolecular Hbond substituents is 1. The van der Waals surface area contributed by atoms with Crippen LogP contribution < -0.4 is 20.7 Å². The fourth-order valence-corrected chi connectivity index (χ4v) is 4.87. The number of halogens is 1. The van der Waals surface area contributed by atoms with Gasteiger partial charge in [-0.25, -0.2) is 4.39 Å². The average Bonchev–Trinajstić information content (AvgIpc) is 3.77. The van der Waals surface area contributed by atoms with Crippen LogP contribution in [0.1, 0.15) is 44.2 Å². The molecule has 4 N–H and O–H groups in total. The number of amides is 3. The van der Waals surface area contributed by atoms with Crippen LogP contribution in [0.15, 0.2) is 42.5 Å². The lowest BCUT2D eigenvalue weighted by atomic mass is 10.0. The van der Waals surface area contributed by atoms with Crippen molar-refractivity contribution in [2.45, 2.75) is 70.2 Å². The van der Waals surface area contributed by atoms with E-state index in [4.69, 9.17) is 4.74 Å². The first kappa shape index (κ1) is 29.3. The molecule has 4 rings (SSSR count). The minimum atomic E-state index is -0.916. The molecular weight excluding hydrogens is 515 g/mol. The molecule has 0 unspecified atom stereocenters. The van der Waals surface area contributed by atoms with Crippen LogP contribution in [0.4, 0.5) is 4.39 Å². The monoisotopic (exact) mass is 554 g/mol. The first-order valence-corrected chi connectivity index (χ1v) is 13.9. The molecule has 1 aliphatic heterocycles. The molecular formula is C30H39FN4O5. The normalized spacial score (nSPS) is 25.6. The maximum Gasteiger partial charge on any atom is 0.243 e. The number of carbonyl (C=O) groups excluding carboxylic acids is 3. The van der Waals surface area contributed by atoms with Gasteiger partial charge in [-0.2, -0.15) is 0 Å². The van der Waals surface area contributed by atoms with E-state index in [1.807, 2.05) is 6.92 Å². The van der Waals surface area contributed by atoms with Gasteiger partial charge in [0, 0.05) is 26.6 Å². The molecule has 1 heterocycles. The van der Waals surface area contributed by atoms with Crippen molar-refractivity contribution in [2.24, 2.45) is 5.92 Å². The van der Waals surface area contributed by atoms with Crippen molar-refractivity contribution in [1.29, 1.82) is 0 Å². The summed E-state index contributed by atoms with van der Waals surface area (Å²) in [6.45, 7) is 4.31. The molecule has 2 aromatic carbocycles. The maximum absolute atomic E-state index is 13.5. The Morgan fingerprint density at radius 3 is 2.48 bits per heavy atom. The predicted octanol–water partition coefficient (Wildman–Crippen LogP) is 2.30. The number of rotatable bonds is 3. The second-order valence-electron chi connectivity index (χ2n) is 10.9. The van der Waals surface area contributed by atoms with E-state index in [2.05, 4.69) is 16.0 Å². The van der Waals surface area contributed by atoms with Gasteiger partial charge in [-0.15, -0.1) is 0 Å². The van der Waals surface area contributed by atoms with Crippen LogP contribution in [0.2, 0.25) is 0 Å². The number of benzene rings is 2. The van der Waals surface area contributed by atoms with Crippen molar-refractivity contribution in [2.75, 3.05) is 20.1 Å². The molecule has 2 aromatic rings. The van der Waals surface area contributed by atoms with Gasteiger partial charge in [0.25, 0.3) is 0 Å². The van der Waals surface area contributed by atoms with Crippen LogP contribution in [0.3, 0.4) is 0 Å². The van der Waals surface area contributed by atoms with Crippen molar-refractivity contribution >= 4 is 17.7 Å². The van der Waals surface area contributed by atoms with Crippen LogP contribution >= 0.6 is 0 Å². The van der Waals surface area contributed by atoms with E-state index < -0.39 is 24.0 Å². The Balaban J connectivity index is 1.58. The molecule has 2 aliphatic rings. The first-order valence-electron chi connectivity index (χ1n) is 13.9. The summed E-state index contributed by atoms with van der Waals surface area (Å²) in [5, 5.41) is 19.1. The Labute approximate surface area is 234 Å². The third kappa shape index (κ3) is 7.71. The van der Waals surface area contributed by atoms with E-state index in [0.717, 1.165) is 18.4 Å². The van der Waals surface area contributed by atoms with Crippen LogP contribution in [0.5, 0.6) is 11.5 Å². The highest BCUT2D eigenvalue weighted by atomic mass is 19.1. The molecule has 1 fully saturated rings. The first-order chi connectivity index (χ1) is 19.1. The van der Waals surface area contributed by atoms with Gasteiger partial charge in [0.1, 0.15) is 35.5 Å². The average molecular weight is 555 g/mol. The summed E-state index contributed by atoms with van der Waals surface area (Å²) in [6, 6.07) is 8.55. The minimum absolute atomic E-state index is 0.123. The van der Waals surface area contributed by atoms with E-state index in [1.165, 1.54) is 17.0 Å². The second kappa shape index (κ2) is 13.1. The van der Waals surface area contributed by atoms with Gasteiger partial charge in [-0.1, -0.05) is 12.1 Å². The van der Waals surface area contributed by atoms with Crippen LogP contribution in [0.25, 0.3) is 0 Å². The largest absolute Gasteiger partial charge is 0.508 e. The van der Waals surface area contributed by atoms with E-state index >= 15 is 0 Å². The Morgan fingerprint density at radius 2 is 1.77 bits per heavy atom. The maximum atomic E-state index is 13.5. The molecule has 0 spiro atoms. The van der Waals surface area contributed by atoms with Gasteiger partial charge < -0.3 is 30.7 Å². The zero-order valence-corrected chi connectivity index (χ0v) is 23.3. The van der Waals surface area contributed by atoms with Crippen molar-refractivity contribution in [3.63, 3.8) is 0 Å². The summed E-state index contributed by atoms with van der Waals surface area (Å²) >= 11 is 0. The molecule has 9 nitrogen and oxygen atoms in total. The number of fused-ring (bicyclic) bond motifs is 1. The van der Waals surface area contributed by atoms with Crippen molar-refractivity contribution < 1.29 is 28.6 Å². The fourth-order valence-electron chi connectivity index (χ4n) is 4.87. The van der Waals surface area contributed by atoms with Gasteiger partial charge in [-0.3, -0.25) is 14.4 Å². The molecule has 0 bridgehead atoms. The van der Waals surface area contributed by atoms with E-state index in [0.29, 0.717) is 37.2 Å². The molecule has 3 amide bonds. The Bertz CT molecular complexity index is 1200. The summed E-state index contributed by atoms with van der Waals surface area (Å²) < 4.78 is 19.6. The smallest absolute Gasteiger partial charge is 0.243 e. The SMILES string of the molecule is C[C@@H]1CN[C@@H](C2CC2)C(=O)N(C)[C@H](C)C(=O)N[C@H](Cc2ccc(F)cc2)C(=O)NCCCc2cc(O)ccc2O1. The minimum Gasteiger partial charge on any atom is -0.508 e. The van der Waals surface area contributed by atoms with Crippen LogP contribution in [0, 0.1) is 11.7 Å². The molecule has 0 radical (unpaired) electrons. The lowest BCUT2D eigenvalue weighted by Gasteiger charge is -2.31. The van der Waals surface area contributed by atoms with Gasteiger partial charge in [0.05, 0.1) is 6.04 Å². The number of ether oxygens (including phenoxy) is 1. The fraction of sp³-hybridized carbons (Fsp3) is 0.500. The topological polar surface area (TPSA) is 120 Å². The highest BCUT2D eigenvalue weighted by molar-refractivity contribution is 5.93. The number of nitrogens with zero attached hydrogens (tertiary/aromatic N) is 1. The summed E-state index contributed by atoms with van der Waals surface area (Å²) in [5.74, 6) is -0.459. The number of hydrogen-bond donors (Lipinski definition) is 4. The van der Waals surface area contributed by atoms with Gasteiger partial charge in [0.15, 0.2) is 0 Å². The zero-order valence-electron chi connectivity index (χ0n) is 23.3. The predicted molar refractivity (Wildman–Crippen MR) is 148 cm³/mol. The molecule has 216 valence electrons. The number of hydrogen-bond acceptors (Lipinski definition) is 6. The molecule has 10 heteroatoms. The summed E-state index contributed by atoms with van der Waals surface area (Å²) in [6.07, 6.45) is 2.88. The standard InChI is InChI=1S/C30H39FN4O5/c1-18-17-33-27(21-8-9-21)30(39)35(3)19(2)28(37)34-25(15-20-6-10-23(31)11-7-20)29(38)32-14-4-5-22-16-24(36)12-13-26(22)40-18/h6-7,10-13,16,18-19,21,25,27,33,36H,4-5,8-9,14-15,17H2,1-3H3,(H,32,38)(H,34,37)/t18-,19-,25-,27+/m1/s1. The van der Waals surface area contributed by atoms with Gasteiger partial charge in [-0.05, 0) is 86.9 Å². The Morgan fingerprint density at radius 1 is 1.05 bits per heavy atom. The number of nitrogens with one attached hydrogen (secondary N) is 3. The third-order valence-corrected chi connectivity index (χ3v) is 7.57. The summed E-state index contributed by atoms with van der Waals surface area (Å²) in [4.78, 5) is 41.4. The van der Waals surface area contributed by atoms with E-state index in [9.17, 15) is 23.9 Å². The van der Waals surface area contributed by atoms with E-state index in [-0.39, 0.29) is 41.8 Å². The third-order valence-electron chi connectivity index (χ3n) is 7.57. The Hall–Kier alpha value is -3.66. The van der Waals surface area contributed by atoms with Crippen molar-refractivity contribution in [1.82, 2.24) is 20.9 Å². The molecule has 4 atom stereocenters. The molecule has 0 saturated heterocycles. The second-order valence-corrected chi connectivity index (χ2v) is 10.9. The van der Waals surface area contributed by atoms with E-state index in [1.54, 1.807) is 44.3 Å². The van der Waals surface area contributed by atoms with Gasteiger partial charge in [0.2, 0.25) is 17.7 Å². The highest BCUT2D eigenvalue weighted by Gasteiger charge is 2.39. The number of aryl methyl sites for hydroxylation is 1. The highest BCUT2D eigenvalue weighted by Crippen LogP contribution is 2.34. The van der Waals surface area contributed by atoms with Crippen molar-refractivity contribution in [3.05, 3.63) is 59.4 Å². The number of carbonyl (C=O) groups is 3. The molecule has 1 aliphatic carbocycles. The summed E-state index contributed by atoms with van der Waals surface area (Å²) in [5.41, 5.74) is 1.50. The molecule has 0 aromatic heterocycles. The molecule has 40 heavy (non-hydrogen) atoms. The quantitative estimate of drug-likeness (QED) is 0.462. The molecule has 1 saturated carbocycles. The number of phenols is 1. The van der Waals surface area contributed by atoms with Gasteiger partial charge >= 0.3 is 0 Å². The number of aromatic hydroxyl groups is 1. The van der Waals surface area contributed by atoms with Crippen LogP contribution in [-0.2, 0) is 27.2 Å². The Kier molecular flexibility index (Phi) is 9.63. The zero-order chi connectivity index (χ0) is 28.8. The lowest BCUT2D eigenvalue weighted by Crippen LogP contribution is -2.57.